The number of aliphatic hydroxyl groups excluding tert-OH is 1. The molecule has 2 atom stereocenters. The highest BCUT2D eigenvalue weighted by Crippen LogP contribution is 2.26. The zero-order valence-corrected chi connectivity index (χ0v) is 10.2. The maximum absolute atomic E-state index is 11.8. The molecule has 1 saturated heterocycles. The van der Waals surface area contributed by atoms with Gasteiger partial charge in [0.25, 0.3) is 0 Å². The summed E-state index contributed by atoms with van der Waals surface area (Å²) in [4.78, 5) is 14.2. The van der Waals surface area contributed by atoms with Crippen LogP contribution in [0.5, 0.6) is 0 Å². The summed E-state index contributed by atoms with van der Waals surface area (Å²) in [5, 5.41) is 9.54. The first-order chi connectivity index (χ1) is 7.68. The quantitative estimate of drug-likeness (QED) is 0.776. The van der Waals surface area contributed by atoms with Crippen molar-refractivity contribution in [2.75, 3.05) is 13.1 Å². The number of hydrogen-bond acceptors (Lipinski definition) is 3. The van der Waals surface area contributed by atoms with Gasteiger partial charge in [-0.2, -0.15) is 0 Å². The molecule has 1 aliphatic heterocycles. The summed E-state index contributed by atoms with van der Waals surface area (Å²) in [5.41, 5.74) is 0. The topological polar surface area (TPSA) is 40.5 Å². The molecule has 92 valence electrons. The zero-order valence-electron chi connectivity index (χ0n) is 10.2. The predicted octanol–water partition coefficient (Wildman–Crippen LogP) is 1.59. The van der Waals surface area contributed by atoms with Gasteiger partial charge in [-0.1, -0.05) is 6.42 Å². The van der Waals surface area contributed by atoms with Crippen molar-refractivity contribution in [2.45, 2.75) is 57.6 Å². The highest BCUT2D eigenvalue weighted by atomic mass is 16.3. The van der Waals surface area contributed by atoms with E-state index in [0.29, 0.717) is 11.7 Å². The van der Waals surface area contributed by atoms with Gasteiger partial charge in [0, 0.05) is 6.42 Å². The third-order valence-electron chi connectivity index (χ3n) is 4.22. The van der Waals surface area contributed by atoms with Crippen molar-refractivity contribution < 1.29 is 9.90 Å². The molecule has 0 radical (unpaired) electrons. The third-order valence-corrected chi connectivity index (χ3v) is 4.22. The van der Waals surface area contributed by atoms with E-state index in [-0.39, 0.29) is 12.1 Å². The fraction of sp³-hybridized carbons (Fsp3) is 0.923. The predicted molar refractivity (Wildman–Crippen MR) is 63.2 cm³/mol. The first kappa shape index (κ1) is 12.1. The van der Waals surface area contributed by atoms with Crippen LogP contribution in [0.3, 0.4) is 0 Å². The van der Waals surface area contributed by atoms with E-state index in [2.05, 4.69) is 4.90 Å². The number of nitrogens with zero attached hydrogens (tertiary/aromatic N) is 1. The summed E-state index contributed by atoms with van der Waals surface area (Å²) in [6.45, 7) is 3.87. The summed E-state index contributed by atoms with van der Waals surface area (Å²) in [6.07, 6.45) is 6.01. The van der Waals surface area contributed by atoms with Crippen LogP contribution in [0.4, 0.5) is 0 Å². The Labute approximate surface area is 97.8 Å². The molecule has 0 aromatic rings. The first-order valence-corrected chi connectivity index (χ1v) is 6.63. The van der Waals surface area contributed by atoms with Crippen LogP contribution < -0.4 is 0 Å². The highest BCUT2D eigenvalue weighted by Gasteiger charge is 2.31. The van der Waals surface area contributed by atoms with Gasteiger partial charge < -0.3 is 5.11 Å². The molecule has 0 aromatic heterocycles. The van der Waals surface area contributed by atoms with Crippen LogP contribution in [0.2, 0.25) is 0 Å². The molecule has 2 aliphatic rings. The molecular formula is C13H23NO2. The van der Waals surface area contributed by atoms with Crippen molar-refractivity contribution in [3.8, 4) is 0 Å². The van der Waals surface area contributed by atoms with E-state index in [1.807, 2.05) is 6.92 Å². The van der Waals surface area contributed by atoms with Crippen LogP contribution in [0.25, 0.3) is 0 Å². The lowest BCUT2D eigenvalue weighted by atomic mass is 9.87. The molecule has 3 nitrogen and oxygen atoms in total. The van der Waals surface area contributed by atoms with Crippen molar-refractivity contribution in [3.63, 3.8) is 0 Å². The monoisotopic (exact) mass is 225 g/mol. The van der Waals surface area contributed by atoms with Crippen LogP contribution in [0.1, 0.15) is 45.4 Å². The molecule has 3 heteroatoms. The van der Waals surface area contributed by atoms with Crippen molar-refractivity contribution in [2.24, 2.45) is 5.92 Å². The zero-order chi connectivity index (χ0) is 11.5. The first-order valence-electron chi connectivity index (χ1n) is 6.63. The number of aliphatic hydroxyl groups is 1. The lowest BCUT2D eigenvalue weighted by Crippen LogP contribution is -2.47. The molecule has 2 unspecified atom stereocenters. The Balaban J connectivity index is 1.86. The summed E-state index contributed by atoms with van der Waals surface area (Å²) in [5.74, 6) is 0.886. The van der Waals surface area contributed by atoms with Gasteiger partial charge in [-0.15, -0.1) is 0 Å². The van der Waals surface area contributed by atoms with E-state index in [1.165, 1.54) is 6.42 Å². The van der Waals surface area contributed by atoms with Crippen molar-refractivity contribution in [3.05, 3.63) is 0 Å². The normalized spacial score (nSPS) is 31.6. The number of hydrogen-bond donors (Lipinski definition) is 1. The SMILES string of the molecule is CC(O)C1CCN(C2CCCCC2=O)CC1. The molecule has 1 heterocycles. The molecule has 0 bridgehead atoms. The van der Waals surface area contributed by atoms with E-state index < -0.39 is 0 Å². The summed E-state index contributed by atoms with van der Waals surface area (Å²) >= 11 is 0. The van der Waals surface area contributed by atoms with E-state index in [0.717, 1.165) is 45.2 Å². The summed E-state index contributed by atoms with van der Waals surface area (Å²) < 4.78 is 0. The largest absolute Gasteiger partial charge is 0.393 e. The van der Waals surface area contributed by atoms with Crippen molar-refractivity contribution in [1.82, 2.24) is 4.90 Å². The number of likely N-dealkylation sites (tertiary alicyclic amines) is 1. The molecule has 2 rings (SSSR count). The number of piperidine rings is 1. The van der Waals surface area contributed by atoms with Crippen LogP contribution in [-0.2, 0) is 4.79 Å². The van der Waals surface area contributed by atoms with Gasteiger partial charge in [-0.3, -0.25) is 9.69 Å². The third kappa shape index (κ3) is 2.64. The van der Waals surface area contributed by atoms with Gasteiger partial charge in [0.15, 0.2) is 0 Å². The Morgan fingerprint density at radius 1 is 1.25 bits per heavy atom. The molecule has 1 N–H and O–H groups in total. The molecule has 1 aliphatic carbocycles. The maximum Gasteiger partial charge on any atom is 0.149 e. The van der Waals surface area contributed by atoms with Crippen LogP contribution >= 0.6 is 0 Å². The average molecular weight is 225 g/mol. The van der Waals surface area contributed by atoms with Gasteiger partial charge in [0.05, 0.1) is 12.1 Å². The maximum atomic E-state index is 11.8. The van der Waals surface area contributed by atoms with E-state index in [4.69, 9.17) is 0 Å². The van der Waals surface area contributed by atoms with Gasteiger partial charge in [0.2, 0.25) is 0 Å². The second kappa shape index (κ2) is 5.28. The Morgan fingerprint density at radius 2 is 1.94 bits per heavy atom. The molecular weight excluding hydrogens is 202 g/mol. The van der Waals surface area contributed by atoms with Crippen LogP contribution in [0.15, 0.2) is 0 Å². The number of carbonyl (C=O) groups is 1. The Kier molecular flexibility index (Phi) is 3.98. The Hall–Kier alpha value is -0.410. The Bertz CT molecular complexity index is 244. The van der Waals surface area contributed by atoms with E-state index >= 15 is 0 Å². The van der Waals surface area contributed by atoms with Gasteiger partial charge in [-0.05, 0) is 51.6 Å². The summed E-state index contributed by atoms with van der Waals surface area (Å²) in [6, 6.07) is 0.198. The molecule has 0 amide bonds. The molecule has 1 saturated carbocycles. The lowest BCUT2D eigenvalue weighted by Gasteiger charge is -2.39. The summed E-state index contributed by atoms with van der Waals surface area (Å²) in [7, 11) is 0. The smallest absolute Gasteiger partial charge is 0.149 e. The van der Waals surface area contributed by atoms with Gasteiger partial charge in [-0.25, -0.2) is 0 Å². The Morgan fingerprint density at radius 3 is 2.50 bits per heavy atom. The number of carbonyl (C=O) groups excluding carboxylic acids is 1. The standard InChI is InChI=1S/C13H23NO2/c1-10(15)11-6-8-14(9-7-11)12-4-2-3-5-13(12)16/h10-12,15H,2-9H2,1H3. The molecule has 16 heavy (non-hydrogen) atoms. The van der Waals surface area contributed by atoms with Crippen molar-refractivity contribution >= 4 is 5.78 Å². The van der Waals surface area contributed by atoms with E-state index in [9.17, 15) is 9.90 Å². The van der Waals surface area contributed by atoms with E-state index in [1.54, 1.807) is 0 Å². The minimum atomic E-state index is -0.191. The number of ketones is 1. The number of Topliss-reactive ketones (excluding diaryl/α,β-unsaturated/α-hetero) is 1. The highest BCUT2D eigenvalue weighted by molar-refractivity contribution is 5.84. The minimum Gasteiger partial charge on any atom is -0.393 e. The van der Waals surface area contributed by atoms with Crippen LogP contribution in [-0.4, -0.2) is 41.0 Å². The molecule has 0 aromatic carbocycles. The average Bonchev–Trinajstić information content (AvgIpc) is 2.30. The minimum absolute atomic E-state index is 0.191. The van der Waals surface area contributed by atoms with Crippen LogP contribution in [0, 0.1) is 5.92 Å². The van der Waals surface area contributed by atoms with Gasteiger partial charge in [0.1, 0.15) is 5.78 Å². The second-order valence-electron chi connectivity index (χ2n) is 5.34. The van der Waals surface area contributed by atoms with Crippen molar-refractivity contribution in [1.29, 1.82) is 0 Å². The lowest BCUT2D eigenvalue weighted by molar-refractivity contribution is -0.127. The number of rotatable bonds is 2. The second-order valence-corrected chi connectivity index (χ2v) is 5.34. The fourth-order valence-electron chi connectivity index (χ4n) is 3.06. The molecule has 2 fully saturated rings. The fourth-order valence-corrected chi connectivity index (χ4v) is 3.06. The van der Waals surface area contributed by atoms with Gasteiger partial charge >= 0.3 is 0 Å². The molecule has 0 spiro atoms.